The third-order valence-electron chi connectivity index (χ3n) is 4.56. The zero-order valence-corrected chi connectivity index (χ0v) is 16.4. The average Bonchev–Trinajstić information content (AvgIpc) is 2.72. The van der Waals surface area contributed by atoms with Gasteiger partial charge in [0.2, 0.25) is 5.91 Å². The van der Waals surface area contributed by atoms with Gasteiger partial charge >= 0.3 is 0 Å². The van der Waals surface area contributed by atoms with Gasteiger partial charge in [0.05, 0.1) is 17.1 Å². The van der Waals surface area contributed by atoms with Crippen LogP contribution in [0.4, 0.5) is 5.82 Å². The molecular formula is C20H24ClN5O2. The summed E-state index contributed by atoms with van der Waals surface area (Å²) in [7, 11) is 0. The molecule has 8 heteroatoms. The Balaban J connectivity index is 1.32. The molecule has 28 heavy (non-hydrogen) atoms. The number of piperazine rings is 1. The van der Waals surface area contributed by atoms with E-state index in [0.29, 0.717) is 30.2 Å². The van der Waals surface area contributed by atoms with Crippen molar-refractivity contribution in [1.29, 1.82) is 0 Å². The van der Waals surface area contributed by atoms with Gasteiger partial charge in [0.1, 0.15) is 5.82 Å². The maximum Gasteiger partial charge on any atom is 0.252 e. The number of rotatable bonds is 7. The molecule has 1 aromatic heterocycles. The van der Waals surface area contributed by atoms with E-state index in [-0.39, 0.29) is 11.8 Å². The van der Waals surface area contributed by atoms with Gasteiger partial charge in [0.25, 0.3) is 5.91 Å². The van der Waals surface area contributed by atoms with Crippen LogP contribution >= 0.6 is 11.6 Å². The third-order valence-corrected chi connectivity index (χ3v) is 4.89. The van der Waals surface area contributed by atoms with Crippen LogP contribution in [0.1, 0.15) is 10.4 Å². The highest BCUT2D eigenvalue weighted by atomic mass is 35.5. The molecule has 1 saturated heterocycles. The lowest BCUT2D eigenvalue weighted by Crippen LogP contribution is -2.50. The van der Waals surface area contributed by atoms with E-state index in [9.17, 15) is 9.59 Å². The molecule has 2 amide bonds. The first-order valence-corrected chi connectivity index (χ1v) is 9.69. The van der Waals surface area contributed by atoms with E-state index in [1.54, 1.807) is 30.5 Å². The maximum absolute atomic E-state index is 12.1. The number of pyridine rings is 1. The van der Waals surface area contributed by atoms with Crippen LogP contribution < -0.4 is 15.5 Å². The second kappa shape index (κ2) is 10.1. The Labute approximate surface area is 169 Å². The van der Waals surface area contributed by atoms with Crippen LogP contribution in [-0.2, 0) is 4.79 Å². The van der Waals surface area contributed by atoms with Gasteiger partial charge in [-0.05, 0) is 24.3 Å². The lowest BCUT2D eigenvalue weighted by atomic mass is 10.2. The first kappa shape index (κ1) is 20.1. The summed E-state index contributed by atoms with van der Waals surface area (Å²) in [5.41, 5.74) is 0.432. The Morgan fingerprint density at radius 2 is 1.68 bits per heavy atom. The number of carbonyl (C=O) groups excluding carboxylic acids is 2. The first-order valence-electron chi connectivity index (χ1n) is 9.31. The van der Waals surface area contributed by atoms with Gasteiger partial charge in [-0.1, -0.05) is 29.8 Å². The van der Waals surface area contributed by atoms with Gasteiger partial charge in [-0.2, -0.15) is 0 Å². The summed E-state index contributed by atoms with van der Waals surface area (Å²) in [5, 5.41) is 6.01. The minimum atomic E-state index is -0.245. The fourth-order valence-corrected chi connectivity index (χ4v) is 3.27. The Kier molecular flexibility index (Phi) is 7.22. The van der Waals surface area contributed by atoms with Crippen molar-refractivity contribution in [3.05, 3.63) is 59.2 Å². The summed E-state index contributed by atoms with van der Waals surface area (Å²) in [4.78, 5) is 32.9. The number of anilines is 1. The molecule has 2 N–H and O–H groups in total. The number of benzene rings is 1. The molecule has 0 bridgehead atoms. The molecule has 0 aliphatic carbocycles. The summed E-state index contributed by atoms with van der Waals surface area (Å²) in [6.07, 6.45) is 1.79. The summed E-state index contributed by atoms with van der Waals surface area (Å²) in [6.45, 7) is 4.40. The minimum Gasteiger partial charge on any atom is -0.354 e. The summed E-state index contributed by atoms with van der Waals surface area (Å²) in [5.74, 6) is 0.685. The van der Waals surface area contributed by atoms with Crippen LogP contribution in [0.5, 0.6) is 0 Å². The Morgan fingerprint density at radius 3 is 2.39 bits per heavy atom. The van der Waals surface area contributed by atoms with E-state index in [1.165, 1.54) is 0 Å². The highest BCUT2D eigenvalue weighted by Gasteiger charge is 2.19. The van der Waals surface area contributed by atoms with Gasteiger partial charge in [-0.25, -0.2) is 4.98 Å². The summed E-state index contributed by atoms with van der Waals surface area (Å²) < 4.78 is 0. The van der Waals surface area contributed by atoms with E-state index in [1.807, 2.05) is 18.2 Å². The smallest absolute Gasteiger partial charge is 0.252 e. The second-order valence-electron chi connectivity index (χ2n) is 6.54. The predicted molar refractivity (Wildman–Crippen MR) is 110 cm³/mol. The molecule has 1 aliphatic heterocycles. The Hall–Kier alpha value is -2.64. The van der Waals surface area contributed by atoms with Crippen LogP contribution in [0.25, 0.3) is 0 Å². The Morgan fingerprint density at radius 1 is 0.964 bits per heavy atom. The van der Waals surface area contributed by atoms with Crippen LogP contribution in [0.3, 0.4) is 0 Å². The molecule has 1 aliphatic rings. The summed E-state index contributed by atoms with van der Waals surface area (Å²) >= 11 is 6.00. The van der Waals surface area contributed by atoms with Crippen LogP contribution in [-0.4, -0.2) is 67.5 Å². The van der Waals surface area contributed by atoms with E-state index < -0.39 is 0 Å². The van der Waals surface area contributed by atoms with Crippen molar-refractivity contribution in [2.45, 2.75) is 0 Å². The molecule has 0 unspecified atom stereocenters. The van der Waals surface area contributed by atoms with E-state index in [0.717, 1.165) is 32.0 Å². The molecule has 148 valence electrons. The summed E-state index contributed by atoms with van der Waals surface area (Å²) in [6, 6.07) is 12.8. The predicted octanol–water partition coefficient (Wildman–Crippen LogP) is 1.40. The molecule has 2 aromatic rings. The topological polar surface area (TPSA) is 77.6 Å². The van der Waals surface area contributed by atoms with E-state index in [4.69, 9.17) is 11.6 Å². The number of halogens is 1. The van der Waals surface area contributed by atoms with Crippen molar-refractivity contribution in [2.75, 3.05) is 50.7 Å². The number of hydrogen-bond acceptors (Lipinski definition) is 5. The van der Waals surface area contributed by atoms with Gasteiger partial charge in [0.15, 0.2) is 0 Å². The number of amides is 2. The monoisotopic (exact) mass is 401 g/mol. The van der Waals surface area contributed by atoms with Gasteiger partial charge in [0, 0.05) is 45.5 Å². The van der Waals surface area contributed by atoms with Crippen LogP contribution in [0.15, 0.2) is 48.7 Å². The maximum atomic E-state index is 12.1. The Bertz CT molecular complexity index is 794. The lowest BCUT2D eigenvalue weighted by molar-refractivity contribution is -0.122. The molecule has 7 nitrogen and oxygen atoms in total. The van der Waals surface area contributed by atoms with Crippen LogP contribution in [0.2, 0.25) is 5.02 Å². The number of aromatic nitrogens is 1. The number of nitrogens with zero attached hydrogens (tertiary/aromatic N) is 3. The van der Waals surface area contributed by atoms with Crippen molar-refractivity contribution in [2.24, 2.45) is 0 Å². The lowest BCUT2D eigenvalue weighted by Gasteiger charge is -2.34. The number of nitrogens with one attached hydrogen (secondary N) is 2. The fraction of sp³-hybridized carbons (Fsp3) is 0.350. The average molecular weight is 402 g/mol. The standard InChI is InChI=1S/C20H24ClN5O2/c21-17-6-2-1-5-16(17)20(28)24-10-9-23-19(27)15-25-11-13-26(14-12-25)18-7-3-4-8-22-18/h1-8H,9-15H2,(H,23,27)(H,24,28). The highest BCUT2D eigenvalue weighted by Crippen LogP contribution is 2.14. The molecule has 2 heterocycles. The molecular weight excluding hydrogens is 378 g/mol. The number of hydrogen-bond donors (Lipinski definition) is 2. The third kappa shape index (κ3) is 5.68. The van der Waals surface area contributed by atoms with Crippen molar-refractivity contribution < 1.29 is 9.59 Å². The fourth-order valence-electron chi connectivity index (χ4n) is 3.05. The molecule has 3 rings (SSSR count). The van der Waals surface area contributed by atoms with Gasteiger partial charge in [-0.15, -0.1) is 0 Å². The van der Waals surface area contributed by atoms with E-state index in [2.05, 4.69) is 25.4 Å². The van der Waals surface area contributed by atoms with E-state index >= 15 is 0 Å². The van der Waals surface area contributed by atoms with Crippen molar-refractivity contribution in [1.82, 2.24) is 20.5 Å². The molecule has 0 radical (unpaired) electrons. The molecule has 0 saturated carbocycles. The zero-order valence-electron chi connectivity index (χ0n) is 15.6. The molecule has 0 atom stereocenters. The van der Waals surface area contributed by atoms with Gasteiger partial charge in [-0.3, -0.25) is 14.5 Å². The zero-order chi connectivity index (χ0) is 19.8. The van der Waals surface area contributed by atoms with Crippen molar-refractivity contribution in [3.8, 4) is 0 Å². The first-order chi connectivity index (χ1) is 13.6. The number of carbonyl (C=O) groups is 2. The highest BCUT2D eigenvalue weighted by molar-refractivity contribution is 6.33. The largest absolute Gasteiger partial charge is 0.354 e. The minimum absolute atomic E-state index is 0.0433. The molecule has 1 fully saturated rings. The van der Waals surface area contributed by atoms with Crippen LogP contribution in [0, 0.1) is 0 Å². The van der Waals surface area contributed by atoms with Crippen molar-refractivity contribution in [3.63, 3.8) is 0 Å². The van der Waals surface area contributed by atoms with Crippen molar-refractivity contribution >= 4 is 29.2 Å². The van der Waals surface area contributed by atoms with Gasteiger partial charge < -0.3 is 15.5 Å². The SMILES string of the molecule is O=C(CN1CCN(c2ccccn2)CC1)NCCNC(=O)c1ccccc1Cl. The normalized spacial score (nSPS) is 14.5. The second-order valence-corrected chi connectivity index (χ2v) is 6.94. The molecule has 0 spiro atoms. The molecule has 1 aromatic carbocycles. The quantitative estimate of drug-likeness (QED) is 0.686.